The summed E-state index contributed by atoms with van der Waals surface area (Å²) in [6.45, 7) is 0.240. The molecule has 330 valence electrons. The van der Waals surface area contributed by atoms with Crippen LogP contribution in [0.2, 0.25) is 0 Å². The van der Waals surface area contributed by atoms with Gasteiger partial charge in [-0.15, -0.1) is 0 Å². The molecule has 0 saturated heterocycles. The van der Waals surface area contributed by atoms with Crippen molar-refractivity contribution in [2.75, 3.05) is 20.7 Å². The largest absolute Gasteiger partial charge is 0.454 e. The van der Waals surface area contributed by atoms with Crippen molar-refractivity contribution in [3.63, 3.8) is 0 Å². The summed E-state index contributed by atoms with van der Waals surface area (Å²) < 4.78 is 85.5. The first-order chi connectivity index (χ1) is 31.8. The summed E-state index contributed by atoms with van der Waals surface area (Å²) >= 11 is 0. The van der Waals surface area contributed by atoms with Gasteiger partial charge in [0.1, 0.15) is 11.5 Å². The van der Waals surface area contributed by atoms with E-state index in [2.05, 4.69) is 30.6 Å². The molecule has 15 nitrogen and oxygen atoms in total. The van der Waals surface area contributed by atoms with Gasteiger partial charge in [-0.05, 0) is 91.0 Å². The van der Waals surface area contributed by atoms with Crippen molar-refractivity contribution in [1.82, 2.24) is 19.9 Å². The Labute approximate surface area is 370 Å². The SMILES string of the molecule is N#Cc1ccc(NC(=O)N(c2ccc(Oc3ccc4ncc(CN)nc4c3)c(F)c2)N(C(=O)Nc2cccc(C(F)(F)F)c2)c2ccc(Oc3ccc4ncc(CN)nc4c3)c(F)c2)cc1. The number of hydrogen-bond donors (Lipinski definition) is 4. The molecule has 2 aromatic heterocycles. The number of rotatable bonds is 10. The molecule has 2 heterocycles. The van der Waals surface area contributed by atoms with E-state index in [1.165, 1.54) is 73.1 Å². The highest BCUT2D eigenvalue weighted by Crippen LogP contribution is 2.36. The van der Waals surface area contributed by atoms with Crippen molar-refractivity contribution in [2.24, 2.45) is 11.5 Å². The van der Waals surface area contributed by atoms with Gasteiger partial charge in [-0.25, -0.2) is 28.3 Å². The number of nitrogens with zero attached hydrogens (tertiary/aromatic N) is 7. The van der Waals surface area contributed by atoms with Gasteiger partial charge in [0, 0.05) is 48.7 Å². The number of anilines is 4. The maximum atomic E-state index is 16.3. The standard InChI is InChI=1S/C46H32F5N11O4/c47-36-17-32(8-14-42(36)65-34-10-12-38-40(19-34)57-30(22-53)24-55-38)61(44(63)59-28-6-4-26(21-52)5-7-28)62(45(64)60-29-3-1-2-27(16-29)46(49,50)51)33-9-15-43(37(48)18-33)66-35-11-13-39-41(20-35)58-31(23-54)25-56-39/h1-20,24-25H,22-23,53-54H2,(H,59,63)(H,60,64). The third kappa shape index (κ3) is 9.71. The lowest BCUT2D eigenvalue weighted by Gasteiger charge is -2.35. The minimum Gasteiger partial charge on any atom is -0.454 e. The van der Waals surface area contributed by atoms with E-state index in [-0.39, 0.29) is 64.4 Å². The lowest BCUT2D eigenvalue weighted by Crippen LogP contribution is -2.54. The topological polar surface area (TPSA) is 211 Å². The highest BCUT2D eigenvalue weighted by atomic mass is 19.4. The highest BCUT2D eigenvalue weighted by molar-refractivity contribution is 6.13. The lowest BCUT2D eigenvalue weighted by molar-refractivity contribution is -0.137. The smallest absolute Gasteiger partial charge is 0.416 e. The fraction of sp³-hybridized carbons (Fsp3) is 0.0652. The lowest BCUT2D eigenvalue weighted by atomic mass is 10.2. The molecule has 0 aliphatic heterocycles. The number of nitrogens with one attached hydrogen (secondary N) is 2. The molecule has 0 spiro atoms. The Morgan fingerprint density at radius 1 is 0.621 bits per heavy atom. The Bertz CT molecular complexity index is 3190. The summed E-state index contributed by atoms with van der Waals surface area (Å²) in [5.74, 6) is -2.48. The number of carbonyl (C=O) groups is 2. The minimum absolute atomic E-state index is 0.105. The number of alkyl halides is 3. The van der Waals surface area contributed by atoms with E-state index in [1.54, 1.807) is 12.1 Å². The number of carbonyl (C=O) groups excluding carboxylic acids is 2. The number of amides is 4. The van der Waals surface area contributed by atoms with E-state index in [9.17, 15) is 28.0 Å². The third-order valence-electron chi connectivity index (χ3n) is 9.61. The van der Waals surface area contributed by atoms with E-state index >= 15 is 8.78 Å². The zero-order valence-electron chi connectivity index (χ0n) is 33.9. The quantitative estimate of drug-likeness (QED) is 0.0749. The van der Waals surface area contributed by atoms with Crippen molar-refractivity contribution in [2.45, 2.75) is 19.3 Å². The summed E-state index contributed by atoms with van der Waals surface area (Å²) in [6.07, 6.45) is -1.77. The maximum absolute atomic E-state index is 16.3. The van der Waals surface area contributed by atoms with Crippen molar-refractivity contribution < 1.29 is 41.0 Å². The van der Waals surface area contributed by atoms with Crippen LogP contribution >= 0.6 is 0 Å². The molecule has 66 heavy (non-hydrogen) atoms. The number of benzene rings is 6. The second kappa shape index (κ2) is 18.5. The van der Waals surface area contributed by atoms with Gasteiger partial charge in [0.25, 0.3) is 0 Å². The molecule has 20 heteroatoms. The van der Waals surface area contributed by atoms with Crippen molar-refractivity contribution in [3.05, 3.63) is 168 Å². The molecule has 8 rings (SSSR count). The highest BCUT2D eigenvalue weighted by Gasteiger charge is 2.34. The first kappa shape index (κ1) is 43.8. The number of nitrogens with two attached hydrogens (primary N) is 2. The molecule has 0 aliphatic carbocycles. The number of aromatic nitrogens is 4. The molecular weight excluding hydrogens is 866 g/mol. The Kier molecular flexibility index (Phi) is 12.3. The molecule has 4 amide bonds. The minimum atomic E-state index is -4.80. The molecule has 0 radical (unpaired) electrons. The molecule has 8 aromatic rings. The summed E-state index contributed by atoms with van der Waals surface area (Å²) in [5.41, 5.74) is 12.4. The number of fused-ring (bicyclic) bond motifs is 2. The normalized spacial score (nSPS) is 11.2. The van der Waals surface area contributed by atoms with Crippen molar-refractivity contribution in [3.8, 4) is 29.1 Å². The third-order valence-corrected chi connectivity index (χ3v) is 9.61. The number of hydrazine groups is 1. The van der Waals surface area contributed by atoms with E-state index in [0.29, 0.717) is 49.5 Å². The van der Waals surface area contributed by atoms with Gasteiger partial charge in [0.05, 0.1) is 74.4 Å². The van der Waals surface area contributed by atoms with E-state index in [1.807, 2.05) is 6.07 Å². The van der Waals surface area contributed by atoms with E-state index in [0.717, 1.165) is 42.5 Å². The van der Waals surface area contributed by atoms with Crippen LogP contribution in [0.25, 0.3) is 22.1 Å². The Morgan fingerprint density at radius 3 is 1.58 bits per heavy atom. The predicted molar refractivity (Wildman–Crippen MR) is 233 cm³/mol. The predicted octanol–water partition coefficient (Wildman–Crippen LogP) is 9.94. The number of hydrogen-bond acceptors (Lipinski definition) is 11. The Morgan fingerprint density at radius 2 is 1.12 bits per heavy atom. The van der Waals surface area contributed by atoms with Crippen LogP contribution in [0.15, 0.2) is 134 Å². The van der Waals surface area contributed by atoms with Crippen LogP contribution in [0.5, 0.6) is 23.0 Å². The first-order valence-electron chi connectivity index (χ1n) is 19.5. The van der Waals surface area contributed by atoms with E-state index < -0.39 is 35.4 Å². The Hall–Kier alpha value is -8.80. The zero-order valence-corrected chi connectivity index (χ0v) is 33.9. The van der Waals surface area contributed by atoms with Gasteiger partial charge in [0.2, 0.25) is 0 Å². The van der Waals surface area contributed by atoms with Crippen LogP contribution in [0, 0.1) is 23.0 Å². The van der Waals surface area contributed by atoms with E-state index in [4.69, 9.17) is 20.9 Å². The molecule has 0 aliphatic rings. The van der Waals surface area contributed by atoms with Crippen LogP contribution in [0.4, 0.5) is 54.3 Å². The van der Waals surface area contributed by atoms with Gasteiger partial charge in [-0.3, -0.25) is 9.97 Å². The van der Waals surface area contributed by atoms with Gasteiger partial charge in [-0.1, -0.05) is 6.07 Å². The van der Waals surface area contributed by atoms with Crippen LogP contribution in [-0.2, 0) is 19.3 Å². The monoisotopic (exact) mass is 897 g/mol. The van der Waals surface area contributed by atoms with Gasteiger partial charge < -0.3 is 31.6 Å². The van der Waals surface area contributed by atoms with Crippen LogP contribution < -0.4 is 41.6 Å². The van der Waals surface area contributed by atoms with Crippen molar-refractivity contribution in [1.29, 1.82) is 5.26 Å². The maximum Gasteiger partial charge on any atom is 0.416 e. The summed E-state index contributed by atoms with van der Waals surface area (Å²) in [7, 11) is 0. The molecule has 6 aromatic carbocycles. The average Bonchev–Trinajstić information content (AvgIpc) is 3.31. The molecule has 0 atom stereocenters. The summed E-state index contributed by atoms with van der Waals surface area (Å²) in [5, 5.41) is 15.4. The summed E-state index contributed by atoms with van der Waals surface area (Å²) in [4.78, 5) is 46.4. The molecule has 6 N–H and O–H groups in total. The number of urea groups is 2. The molecular formula is C46H32F5N11O4. The zero-order chi connectivity index (χ0) is 46.5. The Balaban J connectivity index is 1.20. The summed E-state index contributed by atoms with van der Waals surface area (Å²) in [6, 6.07) is 24.3. The van der Waals surface area contributed by atoms with Gasteiger partial charge >= 0.3 is 18.2 Å². The average molecular weight is 898 g/mol. The second-order valence-electron chi connectivity index (χ2n) is 14.1. The molecule has 0 saturated carbocycles. The fourth-order valence-corrected chi connectivity index (χ4v) is 6.45. The fourth-order valence-electron chi connectivity index (χ4n) is 6.45. The first-order valence-corrected chi connectivity index (χ1v) is 19.5. The molecule has 0 unspecified atom stereocenters. The van der Waals surface area contributed by atoms with Crippen LogP contribution in [0.3, 0.4) is 0 Å². The van der Waals surface area contributed by atoms with Crippen LogP contribution in [-0.4, -0.2) is 32.0 Å². The van der Waals surface area contributed by atoms with Crippen LogP contribution in [0.1, 0.15) is 22.5 Å². The van der Waals surface area contributed by atoms with Gasteiger partial charge in [-0.2, -0.15) is 28.5 Å². The number of halogens is 5. The molecule has 0 bridgehead atoms. The van der Waals surface area contributed by atoms with Crippen molar-refractivity contribution >= 4 is 56.9 Å². The number of ether oxygens (including phenoxy) is 2. The van der Waals surface area contributed by atoms with Gasteiger partial charge in [0.15, 0.2) is 23.1 Å². The second-order valence-corrected chi connectivity index (χ2v) is 14.1. The molecule has 0 fully saturated rings. The number of nitriles is 1.